The maximum Gasteiger partial charge on any atom is 0.185 e. The molecule has 0 spiro atoms. The fourth-order valence-corrected chi connectivity index (χ4v) is 2.39. The first kappa shape index (κ1) is 14.3. The first-order valence-electron chi connectivity index (χ1n) is 5.50. The molecule has 4 nitrogen and oxygen atoms in total. The quantitative estimate of drug-likeness (QED) is 0.769. The summed E-state index contributed by atoms with van der Waals surface area (Å²) in [6.45, 7) is 6.39. The molecule has 0 aromatic carbocycles. The van der Waals surface area contributed by atoms with E-state index in [1.807, 2.05) is 6.92 Å². The van der Waals surface area contributed by atoms with Gasteiger partial charge in [0.05, 0.1) is 17.3 Å². The van der Waals surface area contributed by atoms with Gasteiger partial charge in [0.15, 0.2) is 5.13 Å². The third-order valence-corrected chi connectivity index (χ3v) is 3.82. The smallest absolute Gasteiger partial charge is 0.185 e. The number of anilines is 1. The Morgan fingerprint density at radius 2 is 2.18 bits per heavy atom. The van der Waals surface area contributed by atoms with E-state index in [1.54, 1.807) is 18.4 Å². The van der Waals surface area contributed by atoms with Gasteiger partial charge < -0.3 is 15.4 Å². The summed E-state index contributed by atoms with van der Waals surface area (Å²) in [6.07, 6.45) is 0.705. The van der Waals surface area contributed by atoms with E-state index < -0.39 is 0 Å². The van der Waals surface area contributed by atoms with Crippen LogP contribution in [0.1, 0.15) is 17.0 Å². The molecule has 1 heterocycles. The Labute approximate surface area is 112 Å². The number of nitrogens with two attached hydrogens (primary N) is 1. The van der Waals surface area contributed by atoms with Crippen LogP contribution >= 0.6 is 23.6 Å². The second-order valence-electron chi connectivity index (χ2n) is 3.83. The van der Waals surface area contributed by atoms with Crippen LogP contribution in [-0.4, -0.2) is 36.8 Å². The Morgan fingerprint density at radius 1 is 1.47 bits per heavy atom. The lowest BCUT2D eigenvalue weighted by Crippen LogP contribution is -2.30. The number of thiazole rings is 1. The summed E-state index contributed by atoms with van der Waals surface area (Å²) in [4.78, 5) is 8.51. The van der Waals surface area contributed by atoms with E-state index in [1.165, 1.54) is 4.88 Å². The Balaban J connectivity index is 2.70. The first-order valence-corrected chi connectivity index (χ1v) is 6.73. The van der Waals surface area contributed by atoms with E-state index in [-0.39, 0.29) is 0 Å². The van der Waals surface area contributed by atoms with Gasteiger partial charge in [0, 0.05) is 31.5 Å². The Kier molecular flexibility index (Phi) is 5.80. The average molecular weight is 273 g/mol. The van der Waals surface area contributed by atoms with Gasteiger partial charge in [-0.05, 0) is 13.8 Å². The molecule has 0 aliphatic heterocycles. The van der Waals surface area contributed by atoms with E-state index in [4.69, 9.17) is 22.7 Å². The first-order chi connectivity index (χ1) is 8.04. The van der Waals surface area contributed by atoms with E-state index in [9.17, 15) is 0 Å². The largest absolute Gasteiger partial charge is 0.393 e. The lowest BCUT2D eigenvalue weighted by Gasteiger charge is -2.21. The maximum atomic E-state index is 5.54. The summed E-state index contributed by atoms with van der Waals surface area (Å²) in [5, 5.41) is 1.02. The topological polar surface area (TPSA) is 51.4 Å². The van der Waals surface area contributed by atoms with Gasteiger partial charge in [-0.2, -0.15) is 0 Å². The van der Waals surface area contributed by atoms with Crippen molar-refractivity contribution in [3.8, 4) is 0 Å². The van der Waals surface area contributed by atoms with Gasteiger partial charge >= 0.3 is 0 Å². The zero-order chi connectivity index (χ0) is 12.8. The van der Waals surface area contributed by atoms with Crippen molar-refractivity contribution in [2.75, 3.05) is 31.7 Å². The molecule has 96 valence electrons. The molecule has 2 N–H and O–H groups in total. The molecule has 6 heteroatoms. The van der Waals surface area contributed by atoms with Gasteiger partial charge in [0.2, 0.25) is 0 Å². The summed E-state index contributed by atoms with van der Waals surface area (Å²) in [7, 11) is 1.70. The molecule has 17 heavy (non-hydrogen) atoms. The molecule has 0 fully saturated rings. The molecule has 0 saturated heterocycles. The number of hydrogen-bond donors (Lipinski definition) is 1. The standard InChI is InChI=1S/C11H19N3OS2/c1-8-9(2)17-11(13-8)14(6-7-15-3)5-4-10(12)16/h4-7H2,1-3H3,(H2,12,16). The third kappa shape index (κ3) is 4.57. The highest BCUT2D eigenvalue weighted by atomic mass is 32.1. The van der Waals surface area contributed by atoms with Crippen LogP contribution in [-0.2, 0) is 4.74 Å². The molecule has 0 aliphatic carbocycles. The second-order valence-corrected chi connectivity index (χ2v) is 5.54. The predicted molar refractivity (Wildman–Crippen MR) is 77.1 cm³/mol. The van der Waals surface area contributed by atoms with Crippen molar-refractivity contribution in [3.05, 3.63) is 10.6 Å². The highest BCUT2D eigenvalue weighted by Crippen LogP contribution is 2.25. The van der Waals surface area contributed by atoms with Crippen LogP contribution < -0.4 is 10.6 Å². The SMILES string of the molecule is COCCN(CCC(N)=S)c1nc(C)c(C)s1. The van der Waals surface area contributed by atoms with Crippen molar-refractivity contribution in [1.29, 1.82) is 0 Å². The summed E-state index contributed by atoms with van der Waals surface area (Å²) < 4.78 is 5.11. The number of aromatic nitrogens is 1. The number of hydrogen-bond acceptors (Lipinski definition) is 5. The average Bonchev–Trinajstić information content (AvgIpc) is 2.59. The van der Waals surface area contributed by atoms with Crippen molar-refractivity contribution in [1.82, 2.24) is 4.98 Å². The van der Waals surface area contributed by atoms with Gasteiger partial charge in [-0.25, -0.2) is 4.98 Å². The number of aryl methyl sites for hydroxylation is 2. The van der Waals surface area contributed by atoms with Gasteiger partial charge in [-0.3, -0.25) is 0 Å². The molecular formula is C11H19N3OS2. The van der Waals surface area contributed by atoms with Crippen LogP contribution in [0.3, 0.4) is 0 Å². The normalized spacial score (nSPS) is 10.5. The molecule has 1 rings (SSSR count). The third-order valence-electron chi connectivity index (χ3n) is 2.48. The monoisotopic (exact) mass is 273 g/mol. The molecule has 0 atom stereocenters. The minimum absolute atomic E-state index is 0.539. The van der Waals surface area contributed by atoms with Crippen molar-refractivity contribution < 1.29 is 4.74 Å². The highest BCUT2D eigenvalue weighted by molar-refractivity contribution is 7.80. The number of nitrogens with zero attached hydrogens (tertiary/aromatic N) is 2. The molecule has 1 aromatic rings. The molecule has 0 bridgehead atoms. The lowest BCUT2D eigenvalue weighted by molar-refractivity contribution is 0.205. The molecule has 0 unspecified atom stereocenters. The van der Waals surface area contributed by atoms with Crippen LogP contribution in [0.5, 0.6) is 0 Å². The van der Waals surface area contributed by atoms with E-state index in [2.05, 4.69) is 16.8 Å². The van der Waals surface area contributed by atoms with Crippen LogP contribution in [0.4, 0.5) is 5.13 Å². The number of thiocarbonyl (C=S) groups is 1. The second kappa shape index (κ2) is 6.88. The minimum atomic E-state index is 0.539. The highest BCUT2D eigenvalue weighted by Gasteiger charge is 2.12. The van der Waals surface area contributed by atoms with Gasteiger partial charge in [-0.1, -0.05) is 12.2 Å². The lowest BCUT2D eigenvalue weighted by atomic mass is 10.4. The Morgan fingerprint density at radius 3 is 2.65 bits per heavy atom. The zero-order valence-electron chi connectivity index (χ0n) is 10.5. The van der Waals surface area contributed by atoms with Crippen LogP contribution in [0.2, 0.25) is 0 Å². The fourth-order valence-electron chi connectivity index (χ4n) is 1.34. The molecular weight excluding hydrogens is 254 g/mol. The Hall–Kier alpha value is -0.720. The fraction of sp³-hybridized carbons (Fsp3) is 0.636. The molecule has 0 aliphatic rings. The minimum Gasteiger partial charge on any atom is -0.393 e. The molecule has 0 amide bonds. The number of ether oxygens (including phenoxy) is 1. The molecule has 0 saturated carbocycles. The van der Waals surface area contributed by atoms with E-state index in [0.717, 1.165) is 23.9 Å². The van der Waals surface area contributed by atoms with Crippen LogP contribution in [0.15, 0.2) is 0 Å². The number of methoxy groups -OCH3 is 1. The predicted octanol–water partition coefficient (Wildman–Crippen LogP) is 1.89. The van der Waals surface area contributed by atoms with E-state index >= 15 is 0 Å². The summed E-state index contributed by atoms with van der Waals surface area (Å²) in [6, 6.07) is 0. The maximum absolute atomic E-state index is 5.54. The Bertz CT molecular complexity index is 359. The summed E-state index contributed by atoms with van der Waals surface area (Å²) in [5.41, 5.74) is 6.62. The summed E-state index contributed by atoms with van der Waals surface area (Å²) in [5.74, 6) is 0. The van der Waals surface area contributed by atoms with Crippen molar-refractivity contribution >= 4 is 33.7 Å². The van der Waals surface area contributed by atoms with Gasteiger partial charge in [-0.15, -0.1) is 11.3 Å². The van der Waals surface area contributed by atoms with Crippen LogP contribution in [0, 0.1) is 13.8 Å². The van der Waals surface area contributed by atoms with Crippen molar-refractivity contribution in [3.63, 3.8) is 0 Å². The molecule has 0 radical (unpaired) electrons. The van der Waals surface area contributed by atoms with E-state index in [0.29, 0.717) is 18.0 Å². The number of rotatable bonds is 7. The summed E-state index contributed by atoms with van der Waals surface area (Å²) >= 11 is 6.61. The molecule has 1 aromatic heterocycles. The van der Waals surface area contributed by atoms with Gasteiger partial charge in [0.25, 0.3) is 0 Å². The van der Waals surface area contributed by atoms with Crippen LogP contribution in [0.25, 0.3) is 0 Å². The van der Waals surface area contributed by atoms with Crippen molar-refractivity contribution in [2.24, 2.45) is 5.73 Å². The zero-order valence-corrected chi connectivity index (χ0v) is 12.2. The van der Waals surface area contributed by atoms with Crippen molar-refractivity contribution in [2.45, 2.75) is 20.3 Å². The van der Waals surface area contributed by atoms with Gasteiger partial charge in [0.1, 0.15) is 0 Å².